The number of nitrogens with two attached hydrogens (primary N) is 1. The van der Waals surface area contributed by atoms with Crippen molar-refractivity contribution in [3.8, 4) is 5.75 Å². The summed E-state index contributed by atoms with van der Waals surface area (Å²) in [5, 5.41) is 9.79. The van der Waals surface area contributed by atoms with E-state index in [1.54, 1.807) is 6.07 Å². The second-order valence-electron chi connectivity index (χ2n) is 4.28. The number of aryl methyl sites for hydroxylation is 1. The molecule has 1 aromatic carbocycles. The lowest BCUT2D eigenvalue weighted by atomic mass is 9.95. The number of hydrogen-bond donors (Lipinski definition) is 2. The van der Waals surface area contributed by atoms with Crippen molar-refractivity contribution in [1.29, 1.82) is 0 Å². The number of phenols is 1. The topological polar surface area (TPSA) is 63.3 Å². The largest absolute Gasteiger partial charge is 0.507 e. The number of aromatic hydroxyl groups is 1. The molecule has 0 bridgehead atoms. The quantitative estimate of drug-likeness (QED) is 0.799. The summed E-state index contributed by atoms with van der Waals surface area (Å²) in [4.78, 5) is 11.4. The highest BCUT2D eigenvalue weighted by Crippen LogP contribution is 2.37. The van der Waals surface area contributed by atoms with Crippen LogP contribution in [-0.4, -0.2) is 17.1 Å². The Balaban J connectivity index is 2.65. The maximum atomic E-state index is 12.5. The van der Waals surface area contributed by atoms with Crippen LogP contribution < -0.4 is 5.73 Å². The maximum absolute atomic E-state index is 12.5. The van der Waals surface area contributed by atoms with Crippen LogP contribution in [0.4, 0.5) is 13.2 Å². The standard InChI is InChI=1S/C12H12F3NO2/c13-12(14,15)11(18)9-8-3-1-2-6(8)4-7(5-16)10(9)17/h4,17H,1-3,5,16H2. The number of hydrogen-bond acceptors (Lipinski definition) is 3. The highest BCUT2D eigenvalue weighted by Gasteiger charge is 2.43. The van der Waals surface area contributed by atoms with Crippen LogP contribution in [0.1, 0.15) is 33.5 Å². The first-order valence-electron chi connectivity index (χ1n) is 5.54. The molecule has 3 N–H and O–H groups in total. The van der Waals surface area contributed by atoms with E-state index in [9.17, 15) is 23.1 Å². The van der Waals surface area contributed by atoms with Crippen LogP contribution in [0.5, 0.6) is 5.75 Å². The summed E-state index contributed by atoms with van der Waals surface area (Å²) in [5.41, 5.74) is 5.93. The van der Waals surface area contributed by atoms with Gasteiger partial charge in [-0.1, -0.05) is 6.07 Å². The SMILES string of the molecule is NCc1cc2c(c(C(=O)C(F)(F)F)c1O)CCC2. The van der Waals surface area contributed by atoms with E-state index in [1.165, 1.54) is 0 Å². The molecule has 0 saturated heterocycles. The first-order valence-corrected chi connectivity index (χ1v) is 5.54. The summed E-state index contributed by atoms with van der Waals surface area (Å²) in [6.45, 7) is -0.0999. The van der Waals surface area contributed by atoms with Crippen molar-refractivity contribution < 1.29 is 23.1 Å². The van der Waals surface area contributed by atoms with E-state index in [4.69, 9.17) is 5.73 Å². The van der Waals surface area contributed by atoms with E-state index in [2.05, 4.69) is 0 Å². The zero-order chi connectivity index (χ0) is 13.5. The van der Waals surface area contributed by atoms with Crippen molar-refractivity contribution >= 4 is 5.78 Å². The molecule has 0 amide bonds. The fourth-order valence-electron chi connectivity index (χ4n) is 2.34. The monoisotopic (exact) mass is 259 g/mol. The Morgan fingerprint density at radius 1 is 1.39 bits per heavy atom. The summed E-state index contributed by atoms with van der Waals surface area (Å²) in [6, 6.07) is 1.59. The van der Waals surface area contributed by atoms with Crippen LogP contribution in [0.25, 0.3) is 0 Å². The summed E-state index contributed by atoms with van der Waals surface area (Å²) in [7, 11) is 0. The Hall–Kier alpha value is -1.56. The van der Waals surface area contributed by atoms with Crippen molar-refractivity contribution in [2.24, 2.45) is 5.73 Å². The number of carbonyl (C=O) groups is 1. The average molecular weight is 259 g/mol. The van der Waals surface area contributed by atoms with Gasteiger partial charge in [0.2, 0.25) is 0 Å². The predicted octanol–water partition coefficient (Wildman–Crippen LogP) is 2.08. The number of Topliss-reactive ketones (excluding diaryl/α,β-unsaturated/α-hetero) is 1. The summed E-state index contributed by atoms with van der Waals surface area (Å²) >= 11 is 0. The number of carbonyl (C=O) groups excluding carboxylic acids is 1. The highest BCUT2D eigenvalue weighted by molar-refractivity contribution is 6.04. The van der Waals surface area contributed by atoms with Gasteiger partial charge in [0.1, 0.15) is 5.75 Å². The maximum Gasteiger partial charge on any atom is 0.455 e. The van der Waals surface area contributed by atoms with Gasteiger partial charge < -0.3 is 10.8 Å². The number of ketones is 1. The number of rotatable bonds is 2. The zero-order valence-electron chi connectivity index (χ0n) is 9.47. The summed E-state index contributed by atoms with van der Waals surface area (Å²) in [6.07, 6.45) is -3.31. The Morgan fingerprint density at radius 3 is 2.61 bits per heavy atom. The molecule has 0 fully saturated rings. The number of fused-ring (bicyclic) bond motifs is 1. The van der Waals surface area contributed by atoms with Gasteiger partial charge in [-0.05, 0) is 30.4 Å². The fourth-order valence-corrected chi connectivity index (χ4v) is 2.34. The van der Waals surface area contributed by atoms with Crippen molar-refractivity contribution in [3.63, 3.8) is 0 Å². The van der Waals surface area contributed by atoms with E-state index >= 15 is 0 Å². The smallest absolute Gasteiger partial charge is 0.455 e. The molecule has 1 aliphatic carbocycles. The van der Waals surface area contributed by atoms with Crippen LogP contribution in [-0.2, 0) is 19.4 Å². The van der Waals surface area contributed by atoms with E-state index in [0.29, 0.717) is 30.4 Å². The van der Waals surface area contributed by atoms with Crippen LogP contribution in [0.2, 0.25) is 0 Å². The molecule has 98 valence electrons. The molecular formula is C12H12F3NO2. The lowest BCUT2D eigenvalue weighted by molar-refractivity contribution is -0.0887. The number of benzene rings is 1. The third-order valence-electron chi connectivity index (χ3n) is 3.16. The lowest BCUT2D eigenvalue weighted by Gasteiger charge is -2.14. The number of phenolic OH excluding ortho intramolecular Hbond substituents is 1. The molecule has 0 heterocycles. The van der Waals surface area contributed by atoms with Gasteiger partial charge in [0.25, 0.3) is 5.78 Å². The van der Waals surface area contributed by atoms with Gasteiger partial charge >= 0.3 is 6.18 Å². The van der Waals surface area contributed by atoms with E-state index in [0.717, 1.165) is 0 Å². The molecule has 0 spiro atoms. The van der Waals surface area contributed by atoms with Crippen LogP contribution in [0, 0.1) is 0 Å². The Bertz CT molecular complexity index is 508. The first-order chi connectivity index (χ1) is 8.36. The first kappa shape index (κ1) is 12.9. The van der Waals surface area contributed by atoms with Gasteiger partial charge in [0.15, 0.2) is 0 Å². The molecule has 1 aromatic rings. The Kier molecular flexibility index (Phi) is 3.06. The third-order valence-corrected chi connectivity index (χ3v) is 3.16. The second kappa shape index (κ2) is 4.28. The Morgan fingerprint density at radius 2 is 2.06 bits per heavy atom. The molecule has 18 heavy (non-hydrogen) atoms. The molecule has 0 atom stereocenters. The average Bonchev–Trinajstić information content (AvgIpc) is 2.73. The van der Waals surface area contributed by atoms with Crippen LogP contribution in [0.15, 0.2) is 6.07 Å². The van der Waals surface area contributed by atoms with Crippen molar-refractivity contribution in [2.45, 2.75) is 32.0 Å². The van der Waals surface area contributed by atoms with Crippen LogP contribution >= 0.6 is 0 Å². The molecule has 3 nitrogen and oxygen atoms in total. The summed E-state index contributed by atoms with van der Waals surface area (Å²) in [5.74, 6) is -2.62. The minimum absolute atomic E-state index is 0.0999. The molecule has 0 radical (unpaired) electrons. The number of alkyl halides is 3. The summed E-state index contributed by atoms with van der Waals surface area (Å²) < 4.78 is 37.6. The van der Waals surface area contributed by atoms with Gasteiger partial charge in [-0.2, -0.15) is 13.2 Å². The lowest BCUT2D eigenvalue weighted by Crippen LogP contribution is -2.24. The van der Waals surface area contributed by atoms with Gasteiger partial charge in [0, 0.05) is 12.1 Å². The Labute approximate surface area is 101 Å². The number of halogens is 3. The highest BCUT2D eigenvalue weighted by atomic mass is 19.4. The van der Waals surface area contributed by atoms with Crippen molar-refractivity contribution in [3.05, 3.63) is 28.3 Å². The van der Waals surface area contributed by atoms with Gasteiger partial charge in [-0.15, -0.1) is 0 Å². The predicted molar refractivity (Wildman–Crippen MR) is 58.4 cm³/mol. The third kappa shape index (κ3) is 1.96. The molecule has 0 saturated carbocycles. The molecule has 6 heteroatoms. The van der Waals surface area contributed by atoms with Gasteiger partial charge in [-0.3, -0.25) is 4.79 Å². The normalized spacial score (nSPS) is 14.7. The van der Waals surface area contributed by atoms with E-state index in [1.807, 2.05) is 0 Å². The van der Waals surface area contributed by atoms with E-state index in [-0.39, 0.29) is 12.1 Å². The zero-order valence-corrected chi connectivity index (χ0v) is 9.47. The van der Waals surface area contributed by atoms with Crippen molar-refractivity contribution in [2.75, 3.05) is 0 Å². The van der Waals surface area contributed by atoms with Crippen molar-refractivity contribution in [1.82, 2.24) is 0 Å². The molecule has 0 aromatic heterocycles. The van der Waals surface area contributed by atoms with E-state index < -0.39 is 23.3 Å². The minimum Gasteiger partial charge on any atom is -0.507 e. The molecule has 0 unspecified atom stereocenters. The molecule has 2 rings (SSSR count). The fraction of sp³-hybridized carbons (Fsp3) is 0.417. The minimum atomic E-state index is -4.99. The second-order valence-corrected chi connectivity index (χ2v) is 4.28. The van der Waals surface area contributed by atoms with Gasteiger partial charge in [-0.25, -0.2) is 0 Å². The van der Waals surface area contributed by atoms with Gasteiger partial charge in [0.05, 0.1) is 5.56 Å². The van der Waals surface area contributed by atoms with Crippen LogP contribution in [0.3, 0.4) is 0 Å². The molecule has 0 aliphatic heterocycles. The molecule has 1 aliphatic rings. The molecular weight excluding hydrogens is 247 g/mol.